The first-order valence-corrected chi connectivity index (χ1v) is 11.9. The summed E-state index contributed by atoms with van der Waals surface area (Å²) in [6.07, 6.45) is 0.0754. The van der Waals surface area contributed by atoms with Crippen LogP contribution in [0, 0.1) is 5.82 Å². The molecule has 2 aliphatic heterocycles. The number of carbonyl (C=O) groups excluding carboxylic acids is 3. The van der Waals surface area contributed by atoms with Crippen molar-refractivity contribution in [1.82, 2.24) is 24.7 Å². The number of carbonyl (C=O) groups is 3. The molecule has 0 unspecified atom stereocenters. The minimum Gasteiger partial charge on any atom is -0.501 e. The number of aromatic nitrogens is 2. The van der Waals surface area contributed by atoms with Gasteiger partial charge in [0, 0.05) is 27.7 Å². The Morgan fingerprint density at radius 2 is 1.81 bits per heavy atom. The first kappa shape index (κ1) is 26.5. The monoisotopic (exact) mass is 537 g/mol. The normalized spacial score (nSPS) is 22.1. The van der Waals surface area contributed by atoms with Crippen LogP contribution in [0.3, 0.4) is 0 Å². The largest absolute Gasteiger partial charge is 0.501 e. The number of alkyl halides is 1. The van der Waals surface area contributed by atoms with Gasteiger partial charge in [0.25, 0.3) is 11.5 Å². The van der Waals surface area contributed by atoms with Crippen LogP contribution in [-0.4, -0.2) is 69.0 Å². The van der Waals surface area contributed by atoms with E-state index in [0.29, 0.717) is 5.56 Å². The van der Waals surface area contributed by atoms with E-state index in [1.54, 1.807) is 0 Å². The van der Waals surface area contributed by atoms with Crippen LogP contribution >= 0.6 is 11.6 Å². The summed E-state index contributed by atoms with van der Waals surface area (Å²) >= 11 is 5.77. The van der Waals surface area contributed by atoms with Crippen LogP contribution in [0.4, 0.5) is 8.78 Å². The number of hydrogen-bond acceptors (Lipinski definition) is 6. The van der Waals surface area contributed by atoms with Gasteiger partial charge in [0.2, 0.25) is 5.75 Å². The summed E-state index contributed by atoms with van der Waals surface area (Å²) in [7, 11) is 4.21. The van der Waals surface area contributed by atoms with E-state index in [9.17, 15) is 28.7 Å². The van der Waals surface area contributed by atoms with E-state index in [-0.39, 0.29) is 43.1 Å². The molecule has 5 rings (SSSR count). The molecule has 0 spiro atoms. The van der Waals surface area contributed by atoms with Crippen molar-refractivity contribution in [3.63, 3.8) is 0 Å². The van der Waals surface area contributed by atoms with Crippen molar-refractivity contribution in [2.45, 2.75) is 50.0 Å². The van der Waals surface area contributed by atoms with Crippen molar-refractivity contribution in [1.29, 1.82) is 0 Å². The van der Waals surface area contributed by atoms with Crippen LogP contribution in [0.5, 0.6) is 5.75 Å². The number of hydrogen-bond donors (Lipinski definition) is 2. The molecule has 2 N–H and O–H groups in total. The topological polar surface area (TPSA) is 125 Å². The Labute approximate surface area is 215 Å². The zero-order valence-corrected chi connectivity index (χ0v) is 21.2. The van der Waals surface area contributed by atoms with E-state index < -0.39 is 58.3 Å². The fraction of sp³-hybridized carbons (Fsp3) is 0.458. The van der Waals surface area contributed by atoms with Gasteiger partial charge in [0.1, 0.15) is 22.8 Å². The molecule has 1 aliphatic carbocycles. The fourth-order valence-corrected chi connectivity index (χ4v) is 5.11. The van der Waals surface area contributed by atoms with Gasteiger partial charge in [0.05, 0.1) is 11.6 Å². The quantitative estimate of drug-likeness (QED) is 0.572. The van der Waals surface area contributed by atoms with E-state index in [0.717, 1.165) is 20.4 Å². The second kappa shape index (κ2) is 9.40. The van der Waals surface area contributed by atoms with Crippen LogP contribution in [0.25, 0.3) is 0 Å². The van der Waals surface area contributed by atoms with E-state index in [2.05, 4.69) is 10.3 Å². The summed E-state index contributed by atoms with van der Waals surface area (Å²) in [6.45, 7) is -0.532. The average Bonchev–Trinajstić information content (AvgIpc) is 3.07. The Morgan fingerprint density at radius 3 is 2.41 bits per heavy atom. The van der Waals surface area contributed by atoms with E-state index in [1.807, 2.05) is 0 Å². The molecule has 13 heteroatoms. The maximum absolute atomic E-state index is 15.6. The molecule has 2 aromatic rings. The van der Waals surface area contributed by atoms with E-state index >= 15 is 4.39 Å². The molecule has 0 saturated heterocycles. The van der Waals surface area contributed by atoms with E-state index in [4.69, 9.17) is 11.6 Å². The summed E-state index contributed by atoms with van der Waals surface area (Å²) < 4.78 is 30.0. The third-order valence-corrected chi connectivity index (χ3v) is 7.45. The number of amides is 3. The number of fused-ring (bicyclic) bond motifs is 2. The minimum atomic E-state index is -1.78. The Morgan fingerprint density at radius 1 is 1.16 bits per heavy atom. The number of nitrogens with zero attached hydrogens (tertiary/aromatic N) is 4. The van der Waals surface area contributed by atoms with Crippen LogP contribution in [0.15, 0.2) is 23.0 Å². The van der Waals surface area contributed by atoms with Gasteiger partial charge in [-0.05, 0) is 43.4 Å². The molecule has 3 heterocycles. The van der Waals surface area contributed by atoms with Crippen molar-refractivity contribution in [2.24, 2.45) is 0 Å². The SMILES string of the molecule is CN(C)C(=O)C(=O)N(C)C12CCC(F)(CC1)Cn1c2nc(C(=O)NCc2ccc(F)c(Cl)c2)c(O)c1=O. The highest BCUT2D eigenvalue weighted by atomic mass is 35.5. The van der Waals surface area contributed by atoms with Crippen LogP contribution < -0.4 is 10.9 Å². The summed E-state index contributed by atoms with van der Waals surface area (Å²) in [4.78, 5) is 58.2. The lowest BCUT2D eigenvalue weighted by molar-refractivity contribution is -0.155. The third-order valence-electron chi connectivity index (χ3n) is 7.16. The van der Waals surface area contributed by atoms with Gasteiger partial charge in [0.15, 0.2) is 5.69 Å². The summed E-state index contributed by atoms with van der Waals surface area (Å²) in [5.41, 5.74) is -4.33. The van der Waals surface area contributed by atoms with Crippen molar-refractivity contribution < 1.29 is 28.3 Å². The lowest BCUT2D eigenvalue weighted by Crippen LogP contribution is -2.54. The molecule has 0 atom stereocenters. The molecule has 3 aliphatic rings. The second-order valence-electron chi connectivity index (χ2n) is 9.70. The zero-order chi connectivity index (χ0) is 27.3. The number of nitrogens with one attached hydrogen (secondary N) is 1. The molecule has 2 bridgehead atoms. The Balaban J connectivity index is 1.77. The van der Waals surface area contributed by atoms with Crippen LogP contribution in [0.1, 0.15) is 47.6 Å². The third kappa shape index (κ3) is 4.54. The Hall–Kier alpha value is -3.54. The second-order valence-corrected chi connectivity index (χ2v) is 10.1. The smallest absolute Gasteiger partial charge is 0.312 e. The Bertz CT molecular complexity index is 1350. The maximum Gasteiger partial charge on any atom is 0.312 e. The van der Waals surface area contributed by atoms with Crippen molar-refractivity contribution in [3.8, 4) is 5.75 Å². The molecule has 198 valence electrons. The number of benzene rings is 1. The maximum atomic E-state index is 15.6. The van der Waals surface area contributed by atoms with Gasteiger partial charge in [-0.25, -0.2) is 13.8 Å². The standard InChI is InChI=1S/C24H26ClF2N5O5/c1-30(2)20(36)21(37)31(3)24-8-6-23(27,7-9-24)12-32-19(35)17(33)16(29-22(24)32)18(34)28-11-13-4-5-15(26)14(25)10-13/h4-5,10,33H,6-9,11-12H2,1-3H3,(H,28,34). The molecular formula is C24H26ClF2N5O5. The molecular weight excluding hydrogens is 512 g/mol. The Kier molecular flexibility index (Phi) is 6.74. The van der Waals surface area contributed by atoms with Crippen molar-refractivity contribution >= 4 is 29.3 Å². The highest BCUT2D eigenvalue weighted by Gasteiger charge is 2.55. The van der Waals surface area contributed by atoms with Gasteiger partial charge in [-0.1, -0.05) is 17.7 Å². The summed E-state index contributed by atoms with van der Waals surface area (Å²) in [6, 6.07) is 3.84. The lowest BCUT2D eigenvalue weighted by atomic mass is 9.75. The number of aromatic hydroxyl groups is 1. The highest BCUT2D eigenvalue weighted by molar-refractivity contribution is 6.34. The zero-order valence-electron chi connectivity index (χ0n) is 20.5. The minimum absolute atomic E-state index is 0.0167. The first-order chi connectivity index (χ1) is 17.3. The number of likely N-dealkylation sites (N-methyl/N-ethyl adjacent to an activating group) is 2. The highest BCUT2D eigenvalue weighted by Crippen LogP contribution is 2.49. The van der Waals surface area contributed by atoms with Gasteiger partial charge in [-0.3, -0.25) is 23.7 Å². The number of rotatable bonds is 4. The molecule has 10 nitrogen and oxygen atoms in total. The molecule has 1 saturated carbocycles. The van der Waals surface area contributed by atoms with Gasteiger partial charge in [-0.15, -0.1) is 0 Å². The van der Waals surface area contributed by atoms with Gasteiger partial charge >= 0.3 is 11.8 Å². The lowest BCUT2D eigenvalue weighted by Gasteiger charge is -2.44. The van der Waals surface area contributed by atoms with Crippen molar-refractivity contribution in [2.75, 3.05) is 21.1 Å². The van der Waals surface area contributed by atoms with Gasteiger partial charge in [-0.2, -0.15) is 0 Å². The predicted molar refractivity (Wildman–Crippen MR) is 128 cm³/mol. The van der Waals surface area contributed by atoms with Crippen LogP contribution in [-0.2, 0) is 28.2 Å². The molecule has 1 fully saturated rings. The van der Waals surface area contributed by atoms with E-state index in [1.165, 1.54) is 33.3 Å². The molecule has 0 radical (unpaired) electrons. The first-order valence-electron chi connectivity index (χ1n) is 11.5. The fourth-order valence-electron chi connectivity index (χ4n) is 4.91. The molecule has 3 amide bonds. The van der Waals surface area contributed by atoms with Crippen molar-refractivity contribution in [3.05, 3.63) is 56.5 Å². The number of halogens is 3. The van der Waals surface area contributed by atoms with Gasteiger partial charge < -0.3 is 20.2 Å². The predicted octanol–water partition coefficient (Wildman–Crippen LogP) is 1.71. The van der Waals surface area contributed by atoms with Crippen LogP contribution in [0.2, 0.25) is 5.02 Å². The molecule has 1 aromatic heterocycles. The average molecular weight is 538 g/mol. The summed E-state index contributed by atoms with van der Waals surface area (Å²) in [5, 5.41) is 12.9. The summed E-state index contributed by atoms with van der Waals surface area (Å²) in [5.74, 6) is -4.30. The molecule has 1 aromatic carbocycles. The molecule has 37 heavy (non-hydrogen) atoms.